The van der Waals surface area contributed by atoms with Crippen molar-refractivity contribution in [2.45, 2.75) is 45.9 Å². The summed E-state index contributed by atoms with van der Waals surface area (Å²) in [6.45, 7) is 5.30. The number of hydrogen-bond acceptors (Lipinski definition) is 6. The monoisotopic (exact) mass is 311 g/mol. The van der Waals surface area contributed by atoms with Gasteiger partial charge in [-0.2, -0.15) is 0 Å². The molecular weight excluding hydrogens is 290 g/mol. The molecule has 2 aliphatic rings. The molecule has 0 aromatic carbocycles. The molecule has 0 radical (unpaired) electrons. The number of ether oxygens (including phenoxy) is 3. The highest BCUT2D eigenvalue weighted by Gasteiger charge is 2.49. The Morgan fingerprint density at radius 1 is 1.27 bits per heavy atom. The second-order valence-corrected chi connectivity index (χ2v) is 5.22. The lowest BCUT2D eigenvalue weighted by Gasteiger charge is -2.32. The van der Waals surface area contributed by atoms with Crippen LogP contribution in [0.2, 0.25) is 0 Å². The Morgan fingerprint density at radius 3 is 2.55 bits per heavy atom. The van der Waals surface area contributed by atoms with Gasteiger partial charge in [0.1, 0.15) is 6.04 Å². The van der Waals surface area contributed by atoms with Crippen LogP contribution in [0.4, 0.5) is 0 Å². The number of rotatable bonds is 4. The van der Waals surface area contributed by atoms with Gasteiger partial charge in [0.05, 0.1) is 13.2 Å². The fraction of sp³-hybridized carbons (Fsp3) is 0.667. The van der Waals surface area contributed by atoms with E-state index >= 15 is 0 Å². The van der Waals surface area contributed by atoms with Gasteiger partial charge in [0.25, 0.3) is 0 Å². The van der Waals surface area contributed by atoms with Gasteiger partial charge in [-0.05, 0) is 32.8 Å². The molecule has 0 aliphatic carbocycles. The zero-order valence-corrected chi connectivity index (χ0v) is 13.0. The van der Waals surface area contributed by atoms with Crippen LogP contribution in [0.15, 0.2) is 11.8 Å². The third-order valence-electron chi connectivity index (χ3n) is 3.79. The lowest BCUT2D eigenvalue weighted by molar-refractivity contribution is -0.162. The van der Waals surface area contributed by atoms with Gasteiger partial charge in [-0.3, -0.25) is 9.69 Å². The molecule has 0 unspecified atom stereocenters. The number of fused-ring (bicyclic) bond motifs is 1. The van der Waals surface area contributed by atoms with Crippen molar-refractivity contribution in [2.75, 3.05) is 13.2 Å². The van der Waals surface area contributed by atoms with Crippen LogP contribution in [-0.4, -0.2) is 48.2 Å². The molecule has 22 heavy (non-hydrogen) atoms. The number of allylic oxidation sites excluding steroid dienone is 1. The maximum atomic E-state index is 12.0. The zero-order chi connectivity index (χ0) is 16.3. The molecule has 7 nitrogen and oxygen atoms in total. The zero-order valence-electron chi connectivity index (χ0n) is 13.0. The Kier molecular flexibility index (Phi) is 5.05. The molecule has 2 heterocycles. The van der Waals surface area contributed by atoms with Crippen molar-refractivity contribution < 1.29 is 28.6 Å². The molecule has 1 fully saturated rings. The van der Waals surface area contributed by atoms with Crippen molar-refractivity contribution in [3.8, 4) is 0 Å². The first-order valence-corrected chi connectivity index (χ1v) is 7.49. The summed E-state index contributed by atoms with van der Waals surface area (Å²) in [6.07, 6.45) is 2.05. The van der Waals surface area contributed by atoms with Crippen molar-refractivity contribution in [3.63, 3.8) is 0 Å². The van der Waals surface area contributed by atoms with Crippen molar-refractivity contribution >= 4 is 17.8 Å². The van der Waals surface area contributed by atoms with Crippen molar-refractivity contribution in [2.24, 2.45) is 5.92 Å². The number of nitrogens with zero attached hydrogens (tertiary/aromatic N) is 1. The van der Waals surface area contributed by atoms with E-state index in [0.717, 1.165) is 0 Å². The van der Waals surface area contributed by atoms with E-state index in [4.69, 9.17) is 14.2 Å². The van der Waals surface area contributed by atoms with Crippen LogP contribution in [0.5, 0.6) is 0 Å². The predicted molar refractivity (Wildman–Crippen MR) is 75.3 cm³/mol. The standard InChI is InChI=1S/C15H21NO6/c1-4-20-14(18)11-8-10-6-7-12(15(19)21-5-2)22-13(10)16(11)9(3)17/h7,10-11,13H,4-6,8H2,1-3H3/t10-,11+,13+/m1/s1. The SMILES string of the molecule is CCOC(=O)C1=CC[C@@H]2C[C@@H](C(=O)OCC)N(C(C)=O)[C@H]2O1. The number of hydrogen-bond donors (Lipinski definition) is 0. The maximum absolute atomic E-state index is 12.0. The van der Waals surface area contributed by atoms with Crippen molar-refractivity contribution in [3.05, 3.63) is 11.8 Å². The topological polar surface area (TPSA) is 82.1 Å². The Labute approximate surface area is 129 Å². The van der Waals surface area contributed by atoms with Gasteiger partial charge >= 0.3 is 11.9 Å². The summed E-state index contributed by atoms with van der Waals surface area (Å²) in [6, 6.07) is -0.664. The molecule has 0 bridgehead atoms. The lowest BCUT2D eigenvalue weighted by atomic mass is 9.98. The summed E-state index contributed by atoms with van der Waals surface area (Å²) in [7, 11) is 0. The number of carbonyl (C=O) groups excluding carboxylic acids is 3. The quantitative estimate of drug-likeness (QED) is 0.720. The van der Waals surface area contributed by atoms with Crippen LogP contribution in [-0.2, 0) is 28.6 Å². The molecule has 7 heteroatoms. The van der Waals surface area contributed by atoms with E-state index in [1.54, 1.807) is 19.9 Å². The molecule has 0 spiro atoms. The van der Waals surface area contributed by atoms with E-state index in [9.17, 15) is 14.4 Å². The van der Waals surface area contributed by atoms with Gasteiger partial charge in [-0.1, -0.05) is 0 Å². The normalized spacial score (nSPS) is 26.6. The summed E-state index contributed by atoms with van der Waals surface area (Å²) in [4.78, 5) is 37.1. The van der Waals surface area contributed by atoms with Gasteiger partial charge in [0, 0.05) is 12.8 Å². The molecule has 2 rings (SSSR count). The third kappa shape index (κ3) is 3.08. The minimum absolute atomic E-state index is 0.0310. The van der Waals surface area contributed by atoms with E-state index in [1.807, 2.05) is 0 Å². The number of likely N-dealkylation sites (tertiary alicyclic amines) is 1. The average Bonchev–Trinajstić information content (AvgIpc) is 2.86. The lowest BCUT2D eigenvalue weighted by Crippen LogP contribution is -2.47. The van der Waals surface area contributed by atoms with E-state index in [2.05, 4.69) is 0 Å². The van der Waals surface area contributed by atoms with Gasteiger partial charge in [0.15, 0.2) is 6.23 Å². The molecule has 122 valence electrons. The third-order valence-corrected chi connectivity index (χ3v) is 3.79. The number of esters is 2. The van der Waals surface area contributed by atoms with E-state index in [1.165, 1.54) is 11.8 Å². The van der Waals surface area contributed by atoms with Crippen LogP contribution in [0.25, 0.3) is 0 Å². The minimum atomic E-state index is -0.664. The maximum Gasteiger partial charge on any atom is 0.373 e. The smallest absolute Gasteiger partial charge is 0.373 e. The highest BCUT2D eigenvalue weighted by Crippen LogP contribution is 2.38. The van der Waals surface area contributed by atoms with Crippen LogP contribution < -0.4 is 0 Å². The summed E-state index contributed by atoms with van der Waals surface area (Å²) in [5.74, 6) is -1.21. The molecule has 3 atom stereocenters. The molecule has 0 aromatic rings. The Bertz CT molecular complexity index is 500. The molecule has 0 saturated carbocycles. The average molecular weight is 311 g/mol. The first-order chi connectivity index (χ1) is 10.5. The number of carbonyl (C=O) groups is 3. The van der Waals surface area contributed by atoms with Crippen LogP contribution >= 0.6 is 0 Å². The number of amides is 1. The highest BCUT2D eigenvalue weighted by molar-refractivity contribution is 5.87. The van der Waals surface area contributed by atoms with Gasteiger partial charge < -0.3 is 14.2 Å². The van der Waals surface area contributed by atoms with Crippen molar-refractivity contribution in [1.29, 1.82) is 0 Å². The van der Waals surface area contributed by atoms with E-state index in [0.29, 0.717) is 12.8 Å². The Morgan fingerprint density at radius 2 is 1.95 bits per heavy atom. The summed E-state index contributed by atoms with van der Waals surface area (Å²) in [5, 5.41) is 0. The highest BCUT2D eigenvalue weighted by atomic mass is 16.6. The van der Waals surface area contributed by atoms with E-state index in [-0.39, 0.29) is 30.8 Å². The van der Waals surface area contributed by atoms with Crippen LogP contribution in [0.1, 0.15) is 33.6 Å². The molecule has 0 N–H and O–H groups in total. The van der Waals surface area contributed by atoms with Crippen LogP contribution in [0, 0.1) is 5.92 Å². The molecule has 1 saturated heterocycles. The Hall–Kier alpha value is -2.05. The minimum Gasteiger partial charge on any atom is -0.464 e. The molecular formula is C15H21NO6. The first-order valence-electron chi connectivity index (χ1n) is 7.49. The summed E-state index contributed by atoms with van der Waals surface area (Å²) >= 11 is 0. The second kappa shape index (κ2) is 6.81. The van der Waals surface area contributed by atoms with Crippen LogP contribution in [0.3, 0.4) is 0 Å². The molecule has 1 amide bonds. The predicted octanol–water partition coefficient (Wildman–Crippen LogP) is 0.980. The van der Waals surface area contributed by atoms with Gasteiger partial charge in [-0.15, -0.1) is 0 Å². The van der Waals surface area contributed by atoms with Gasteiger partial charge in [-0.25, -0.2) is 9.59 Å². The van der Waals surface area contributed by atoms with Gasteiger partial charge in [0.2, 0.25) is 11.7 Å². The second-order valence-electron chi connectivity index (χ2n) is 5.22. The first kappa shape index (κ1) is 16.3. The Balaban J connectivity index is 2.16. The fourth-order valence-electron chi connectivity index (χ4n) is 2.90. The van der Waals surface area contributed by atoms with Crippen molar-refractivity contribution in [1.82, 2.24) is 4.90 Å². The fourth-order valence-corrected chi connectivity index (χ4v) is 2.90. The van der Waals surface area contributed by atoms with E-state index < -0.39 is 24.2 Å². The summed E-state index contributed by atoms with van der Waals surface area (Å²) < 4.78 is 15.6. The summed E-state index contributed by atoms with van der Waals surface area (Å²) in [5.41, 5.74) is 0. The molecule has 2 aliphatic heterocycles. The molecule has 0 aromatic heterocycles. The largest absolute Gasteiger partial charge is 0.464 e.